The molecule has 0 saturated heterocycles. The number of aryl methyl sites for hydroxylation is 3. The number of hydrogen-bond acceptors (Lipinski definition) is 4. The van der Waals surface area contributed by atoms with Gasteiger partial charge in [-0.05, 0) is 31.9 Å². The summed E-state index contributed by atoms with van der Waals surface area (Å²) in [7, 11) is 0. The molecular weight excluding hydrogens is 304 g/mol. The van der Waals surface area contributed by atoms with E-state index in [0.29, 0.717) is 6.42 Å². The molecule has 0 bridgehead atoms. The molecule has 1 aliphatic rings. The second kappa shape index (κ2) is 5.78. The van der Waals surface area contributed by atoms with Crippen LogP contribution >= 0.6 is 0 Å². The normalized spacial score (nSPS) is 17.0. The van der Waals surface area contributed by atoms with Gasteiger partial charge in [0.25, 0.3) is 0 Å². The van der Waals surface area contributed by atoms with Crippen LogP contribution in [-0.4, -0.2) is 26.7 Å². The summed E-state index contributed by atoms with van der Waals surface area (Å²) in [6.07, 6.45) is 3.77. The van der Waals surface area contributed by atoms with Gasteiger partial charge in [0.1, 0.15) is 17.2 Å². The van der Waals surface area contributed by atoms with Gasteiger partial charge in [0.15, 0.2) is 0 Å². The highest BCUT2D eigenvalue weighted by Gasteiger charge is 2.23. The second-order valence-electron chi connectivity index (χ2n) is 6.51. The number of fused-ring (bicyclic) bond motifs is 2. The summed E-state index contributed by atoms with van der Waals surface area (Å²) in [5, 5.41) is 12.4. The van der Waals surface area contributed by atoms with Crippen molar-refractivity contribution in [2.24, 2.45) is 0 Å². The minimum absolute atomic E-state index is 0.0254. The smallest absolute Gasteiger partial charge is 0.224 e. The Morgan fingerprint density at radius 1 is 1.38 bits per heavy atom. The fourth-order valence-electron chi connectivity index (χ4n) is 3.36. The van der Waals surface area contributed by atoms with Crippen molar-refractivity contribution in [1.82, 2.24) is 20.1 Å². The van der Waals surface area contributed by atoms with Gasteiger partial charge < -0.3 is 14.3 Å². The summed E-state index contributed by atoms with van der Waals surface area (Å²) in [5.41, 5.74) is 2.91. The molecule has 24 heavy (non-hydrogen) atoms. The molecular formula is C18H20N4O2. The first-order chi connectivity index (χ1) is 11.6. The minimum Gasteiger partial charge on any atom is -0.464 e. The maximum atomic E-state index is 12.4. The van der Waals surface area contributed by atoms with E-state index in [2.05, 4.69) is 20.1 Å². The maximum Gasteiger partial charge on any atom is 0.224 e. The molecule has 0 spiro atoms. The number of hydrogen-bond donors (Lipinski definition) is 1. The first-order valence-corrected chi connectivity index (χ1v) is 8.25. The van der Waals surface area contributed by atoms with Crippen LogP contribution in [0.5, 0.6) is 0 Å². The lowest BCUT2D eigenvalue weighted by atomic mass is 10.1. The molecule has 2 aromatic heterocycles. The molecule has 1 atom stereocenters. The van der Waals surface area contributed by atoms with Crippen LogP contribution in [0.15, 0.2) is 28.9 Å². The van der Waals surface area contributed by atoms with Gasteiger partial charge in [-0.25, -0.2) is 0 Å². The number of benzene rings is 1. The van der Waals surface area contributed by atoms with Crippen molar-refractivity contribution < 1.29 is 9.21 Å². The van der Waals surface area contributed by atoms with E-state index in [1.807, 2.05) is 32.0 Å². The van der Waals surface area contributed by atoms with Gasteiger partial charge in [-0.3, -0.25) is 4.79 Å². The zero-order valence-corrected chi connectivity index (χ0v) is 13.9. The Labute approximate surface area is 139 Å². The molecule has 1 N–H and O–H groups in total. The summed E-state index contributed by atoms with van der Waals surface area (Å²) in [6, 6.07) is 6.18. The Kier molecular flexibility index (Phi) is 3.59. The van der Waals surface area contributed by atoms with E-state index in [9.17, 15) is 4.79 Å². The van der Waals surface area contributed by atoms with Crippen LogP contribution in [0, 0.1) is 13.8 Å². The third-order valence-electron chi connectivity index (χ3n) is 4.66. The zero-order chi connectivity index (χ0) is 16.7. The van der Waals surface area contributed by atoms with Crippen LogP contribution < -0.4 is 5.32 Å². The summed E-state index contributed by atoms with van der Waals surface area (Å²) >= 11 is 0. The summed E-state index contributed by atoms with van der Waals surface area (Å²) in [6.45, 7) is 4.71. The third kappa shape index (κ3) is 2.68. The van der Waals surface area contributed by atoms with Gasteiger partial charge in [-0.1, -0.05) is 12.1 Å². The topological polar surface area (TPSA) is 73.0 Å². The molecule has 6 nitrogen and oxygen atoms in total. The molecule has 1 aliphatic heterocycles. The predicted molar refractivity (Wildman–Crippen MR) is 89.7 cm³/mol. The number of amides is 1. The van der Waals surface area contributed by atoms with E-state index in [-0.39, 0.29) is 11.9 Å². The quantitative estimate of drug-likeness (QED) is 0.802. The summed E-state index contributed by atoms with van der Waals surface area (Å²) in [4.78, 5) is 12.4. The number of nitrogens with zero attached hydrogens (tertiary/aromatic N) is 3. The predicted octanol–water partition coefficient (Wildman–Crippen LogP) is 2.31. The van der Waals surface area contributed by atoms with Gasteiger partial charge in [-0.15, -0.1) is 10.2 Å². The van der Waals surface area contributed by atoms with Crippen molar-refractivity contribution in [2.45, 2.75) is 45.7 Å². The molecule has 1 amide bonds. The highest BCUT2D eigenvalue weighted by atomic mass is 16.3. The maximum absolute atomic E-state index is 12.4. The van der Waals surface area contributed by atoms with E-state index in [1.165, 1.54) is 0 Å². The standard InChI is InChI=1S/C18H20N4O2/c1-11-3-5-15-13(10-24-16(15)7-11)8-18(23)19-14-4-6-17-21-20-12(2)22(17)9-14/h3,5,7,10,14H,4,6,8-9H2,1-2H3,(H,19,23)/t14-/m1/s1. The number of aromatic nitrogens is 3. The molecule has 0 aliphatic carbocycles. The van der Waals surface area contributed by atoms with E-state index in [0.717, 1.165) is 53.1 Å². The highest BCUT2D eigenvalue weighted by molar-refractivity contribution is 5.88. The van der Waals surface area contributed by atoms with Crippen molar-refractivity contribution >= 4 is 16.9 Å². The molecule has 6 heteroatoms. The number of nitrogens with one attached hydrogen (secondary N) is 1. The average molecular weight is 324 g/mol. The van der Waals surface area contributed by atoms with E-state index >= 15 is 0 Å². The number of furan rings is 1. The fourth-order valence-corrected chi connectivity index (χ4v) is 3.36. The van der Waals surface area contributed by atoms with Crippen molar-refractivity contribution in [1.29, 1.82) is 0 Å². The molecule has 1 aromatic carbocycles. The Balaban J connectivity index is 1.44. The second-order valence-corrected chi connectivity index (χ2v) is 6.51. The van der Waals surface area contributed by atoms with Gasteiger partial charge in [0.2, 0.25) is 5.91 Å². The molecule has 3 aromatic rings. The van der Waals surface area contributed by atoms with E-state index < -0.39 is 0 Å². The first-order valence-electron chi connectivity index (χ1n) is 8.25. The fraction of sp³-hybridized carbons (Fsp3) is 0.389. The zero-order valence-electron chi connectivity index (χ0n) is 13.9. The van der Waals surface area contributed by atoms with Crippen LogP contribution in [0.1, 0.15) is 29.2 Å². The van der Waals surface area contributed by atoms with Crippen molar-refractivity contribution in [2.75, 3.05) is 0 Å². The van der Waals surface area contributed by atoms with Gasteiger partial charge in [0.05, 0.1) is 12.7 Å². The van der Waals surface area contributed by atoms with Crippen LogP contribution in [-0.2, 0) is 24.2 Å². The lowest BCUT2D eigenvalue weighted by molar-refractivity contribution is -0.121. The lowest BCUT2D eigenvalue weighted by Crippen LogP contribution is -2.41. The number of carbonyl (C=O) groups excluding carboxylic acids is 1. The van der Waals surface area contributed by atoms with Crippen molar-refractivity contribution in [3.8, 4) is 0 Å². The van der Waals surface area contributed by atoms with Crippen LogP contribution in [0.2, 0.25) is 0 Å². The van der Waals surface area contributed by atoms with Gasteiger partial charge in [-0.2, -0.15) is 0 Å². The van der Waals surface area contributed by atoms with E-state index in [4.69, 9.17) is 4.42 Å². The summed E-state index contributed by atoms with van der Waals surface area (Å²) < 4.78 is 7.66. The molecule has 0 radical (unpaired) electrons. The van der Waals surface area contributed by atoms with E-state index in [1.54, 1.807) is 6.26 Å². The largest absolute Gasteiger partial charge is 0.464 e. The summed E-state index contributed by atoms with van der Waals surface area (Å²) in [5.74, 6) is 1.94. The monoisotopic (exact) mass is 324 g/mol. The van der Waals surface area contributed by atoms with Crippen molar-refractivity contribution in [3.05, 3.63) is 47.2 Å². The average Bonchev–Trinajstić information content (AvgIpc) is 3.11. The minimum atomic E-state index is 0.0254. The number of carbonyl (C=O) groups is 1. The van der Waals surface area contributed by atoms with Crippen LogP contribution in [0.25, 0.3) is 11.0 Å². The molecule has 0 unspecified atom stereocenters. The molecule has 0 saturated carbocycles. The Morgan fingerprint density at radius 2 is 2.25 bits per heavy atom. The van der Waals surface area contributed by atoms with Gasteiger partial charge in [0, 0.05) is 30.0 Å². The Hall–Kier alpha value is -2.63. The Morgan fingerprint density at radius 3 is 3.12 bits per heavy atom. The molecule has 124 valence electrons. The third-order valence-corrected chi connectivity index (χ3v) is 4.66. The highest BCUT2D eigenvalue weighted by Crippen LogP contribution is 2.23. The van der Waals surface area contributed by atoms with Crippen LogP contribution in [0.4, 0.5) is 0 Å². The van der Waals surface area contributed by atoms with Gasteiger partial charge >= 0.3 is 0 Å². The molecule has 0 fully saturated rings. The SMILES string of the molecule is Cc1ccc2c(CC(=O)N[C@@H]3CCc4nnc(C)n4C3)coc2c1. The molecule has 4 rings (SSSR count). The first kappa shape index (κ1) is 14.9. The molecule has 3 heterocycles. The van der Waals surface area contributed by atoms with Crippen LogP contribution in [0.3, 0.4) is 0 Å². The van der Waals surface area contributed by atoms with Crippen molar-refractivity contribution in [3.63, 3.8) is 0 Å². The lowest BCUT2D eigenvalue weighted by Gasteiger charge is -2.24. The Bertz CT molecular complexity index is 909. The number of rotatable bonds is 3.